The number of alkyl halides is 3. The highest BCUT2D eigenvalue weighted by atomic mass is 32.2. The third kappa shape index (κ3) is 5.49. The maximum Gasteiger partial charge on any atom is 0.391 e. The molecule has 2 aromatic carbocycles. The van der Waals surface area contributed by atoms with Gasteiger partial charge in [0.05, 0.1) is 23.1 Å². The molecule has 1 amide bonds. The Balaban J connectivity index is 1.49. The molecule has 3 aromatic rings. The lowest BCUT2D eigenvalue weighted by atomic mass is 9.75. The highest BCUT2D eigenvalue weighted by Gasteiger charge is 2.56. The van der Waals surface area contributed by atoms with Gasteiger partial charge in [0.25, 0.3) is 15.9 Å². The highest BCUT2D eigenvalue weighted by molar-refractivity contribution is 7.92. The van der Waals surface area contributed by atoms with E-state index in [1.807, 2.05) is 32.0 Å². The quantitative estimate of drug-likeness (QED) is 0.425. The summed E-state index contributed by atoms with van der Waals surface area (Å²) in [6.45, 7) is 3.26. The number of ether oxygens (including phenoxy) is 1. The Morgan fingerprint density at radius 1 is 1.05 bits per heavy atom. The van der Waals surface area contributed by atoms with E-state index in [0.29, 0.717) is 18.5 Å². The number of aromatic nitrogens is 2. The zero-order valence-corrected chi connectivity index (χ0v) is 23.3. The average molecular weight is 587 g/mol. The maximum atomic E-state index is 13.9. The number of nitrogens with zero attached hydrogens (tertiary/aromatic N) is 3. The smallest absolute Gasteiger partial charge is 0.391 e. The van der Waals surface area contributed by atoms with E-state index >= 15 is 0 Å². The molecular weight excluding hydrogens is 557 g/mol. The van der Waals surface area contributed by atoms with Crippen molar-refractivity contribution in [2.75, 3.05) is 11.3 Å². The molecule has 1 spiro atoms. The van der Waals surface area contributed by atoms with E-state index in [2.05, 4.69) is 14.7 Å². The predicted octanol–water partition coefficient (Wildman–Crippen LogP) is 5.66. The zero-order chi connectivity index (χ0) is 29.2. The predicted molar refractivity (Wildman–Crippen MR) is 145 cm³/mol. The zero-order valence-electron chi connectivity index (χ0n) is 22.5. The number of sulfonamides is 1. The molecule has 1 aromatic heterocycles. The van der Waals surface area contributed by atoms with E-state index in [0.717, 1.165) is 29.5 Å². The fourth-order valence-corrected chi connectivity index (χ4v) is 7.04. The van der Waals surface area contributed by atoms with E-state index in [1.54, 1.807) is 0 Å². The van der Waals surface area contributed by atoms with Crippen molar-refractivity contribution in [2.45, 2.75) is 69.1 Å². The molecule has 2 aliphatic carbocycles. The van der Waals surface area contributed by atoms with Gasteiger partial charge in [-0.1, -0.05) is 24.3 Å². The molecular formula is C29H29F3N4O4S. The molecule has 2 saturated carbocycles. The second-order valence-electron chi connectivity index (χ2n) is 11.4. The summed E-state index contributed by atoms with van der Waals surface area (Å²) in [6.07, 6.45) is -2.64. The Kier molecular flexibility index (Phi) is 6.51. The van der Waals surface area contributed by atoms with Gasteiger partial charge < -0.3 is 9.64 Å². The number of hydrogen-bond acceptors (Lipinski definition) is 6. The number of hydrogen-bond donors (Lipinski definition) is 1. The Hall–Kier alpha value is -3.67. The minimum atomic E-state index is -4.57. The van der Waals surface area contributed by atoms with Gasteiger partial charge in [0, 0.05) is 23.2 Å². The van der Waals surface area contributed by atoms with Crippen molar-refractivity contribution in [3.8, 4) is 17.1 Å². The number of anilines is 1. The van der Waals surface area contributed by atoms with Gasteiger partial charge in [0.2, 0.25) is 11.8 Å². The van der Waals surface area contributed by atoms with Crippen molar-refractivity contribution in [2.24, 2.45) is 5.41 Å². The highest BCUT2D eigenvalue weighted by Crippen LogP contribution is 2.62. The third-order valence-corrected chi connectivity index (χ3v) is 9.59. The van der Waals surface area contributed by atoms with Crippen LogP contribution >= 0.6 is 0 Å². The molecule has 0 radical (unpaired) electrons. The molecule has 2 fully saturated rings. The number of nitrogens with one attached hydrogen (secondary N) is 1. The second kappa shape index (κ2) is 9.71. The summed E-state index contributed by atoms with van der Waals surface area (Å²) in [5.74, 6) is -1.06. The van der Waals surface area contributed by atoms with Crippen molar-refractivity contribution in [3.05, 3.63) is 65.2 Å². The number of aryl methyl sites for hydroxylation is 2. The summed E-state index contributed by atoms with van der Waals surface area (Å²) in [5.41, 5.74) is 2.88. The molecule has 12 heteroatoms. The molecule has 8 nitrogen and oxygen atoms in total. The summed E-state index contributed by atoms with van der Waals surface area (Å²) < 4.78 is 76.7. The first-order valence-corrected chi connectivity index (χ1v) is 14.9. The molecule has 41 heavy (non-hydrogen) atoms. The number of benzene rings is 2. The van der Waals surface area contributed by atoms with Gasteiger partial charge in [-0.25, -0.2) is 18.1 Å². The van der Waals surface area contributed by atoms with Crippen LogP contribution in [0.5, 0.6) is 5.88 Å². The Bertz CT molecular complexity index is 1610. The van der Waals surface area contributed by atoms with Crippen LogP contribution in [0.2, 0.25) is 0 Å². The summed E-state index contributed by atoms with van der Waals surface area (Å²) >= 11 is 0. The molecule has 2 heterocycles. The van der Waals surface area contributed by atoms with E-state index in [-0.39, 0.29) is 27.7 Å². The van der Waals surface area contributed by atoms with Crippen molar-refractivity contribution < 1.29 is 31.1 Å². The Morgan fingerprint density at radius 3 is 2.39 bits per heavy atom. The molecule has 0 unspecified atom stereocenters. The topological polar surface area (TPSA) is 101 Å². The van der Waals surface area contributed by atoms with E-state index in [9.17, 15) is 26.4 Å². The minimum Gasteiger partial charge on any atom is -0.475 e. The van der Waals surface area contributed by atoms with Crippen LogP contribution in [0.4, 0.5) is 19.1 Å². The number of fused-ring (bicyclic) bond motifs is 4. The van der Waals surface area contributed by atoms with Crippen LogP contribution in [-0.2, 0) is 10.0 Å². The standard InChI is InChI=1S/C29H29F3N4O4S/c1-17-5-3-6-18(2)25(17)23-12-24-34-27(33-23)35-41(38,39)22-8-4-7-19(11-22)26(37)36(20-13-28(14-20)9-10-28)21(16-40-24)15-29(30,31)32/h3-8,11-12,20-21H,9-10,13-16H2,1-2H3,(H,33,34,35)/t21-/m0/s1. The molecule has 6 rings (SSSR count). The maximum absolute atomic E-state index is 13.9. The van der Waals surface area contributed by atoms with Crippen LogP contribution in [0.1, 0.15) is 53.6 Å². The third-order valence-electron chi connectivity index (χ3n) is 8.26. The van der Waals surface area contributed by atoms with Gasteiger partial charge in [-0.05, 0) is 74.3 Å². The van der Waals surface area contributed by atoms with Gasteiger partial charge in [-0.15, -0.1) is 0 Å². The first-order chi connectivity index (χ1) is 19.3. The van der Waals surface area contributed by atoms with Gasteiger partial charge in [-0.2, -0.15) is 18.2 Å². The van der Waals surface area contributed by atoms with Crippen molar-refractivity contribution in [3.63, 3.8) is 0 Å². The summed E-state index contributed by atoms with van der Waals surface area (Å²) in [6, 6.07) is 10.7. The van der Waals surface area contributed by atoms with E-state index in [1.165, 1.54) is 35.2 Å². The fraction of sp³-hybridized carbons (Fsp3) is 0.414. The number of halogens is 3. The van der Waals surface area contributed by atoms with Crippen molar-refractivity contribution >= 4 is 21.9 Å². The SMILES string of the molecule is Cc1cccc(C)c1-c1cc2nc(n1)NS(=O)(=O)c1cccc(c1)C(=O)N(C1CC3(CC3)C1)[C@@H](CC(F)(F)F)CO2. The lowest BCUT2D eigenvalue weighted by molar-refractivity contribution is -0.151. The lowest BCUT2D eigenvalue weighted by Crippen LogP contribution is -2.56. The van der Waals surface area contributed by atoms with Crippen molar-refractivity contribution in [1.29, 1.82) is 0 Å². The van der Waals surface area contributed by atoms with E-state index < -0.39 is 47.2 Å². The van der Waals surface area contributed by atoms with E-state index in [4.69, 9.17) is 4.74 Å². The molecule has 4 bridgehead atoms. The molecule has 1 N–H and O–H groups in total. The Morgan fingerprint density at radius 2 is 1.73 bits per heavy atom. The molecule has 0 saturated heterocycles. The molecule has 1 atom stereocenters. The summed E-state index contributed by atoms with van der Waals surface area (Å²) in [4.78, 5) is 23.5. The van der Waals surface area contributed by atoms with Crippen LogP contribution in [0.3, 0.4) is 0 Å². The van der Waals surface area contributed by atoms with Crippen LogP contribution in [-0.4, -0.2) is 54.1 Å². The molecule has 1 aliphatic heterocycles. The summed E-state index contributed by atoms with van der Waals surface area (Å²) in [7, 11) is -4.26. The van der Waals surface area contributed by atoms with Crippen LogP contribution in [0.15, 0.2) is 53.4 Å². The van der Waals surface area contributed by atoms with Crippen LogP contribution in [0, 0.1) is 19.3 Å². The normalized spacial score (nSPS) is 21.5. The average Bonchev–Trinajstić information content (AvgIpc) is 3.67. The Labute approximate surface area is 236 Å². The molecule has 216 valence electrons. The van der Waals surface area contributed by atoms with Crippen molar-refractivity contribution in [1.82, 2.24) is 14.9 Å². The first-order valence-electron chi connectivity index (χ1n) is 13.4. The lowest BCUT2D eigenvalue weighted by Gasteiger charge is -2.47. The second-order valence-corrected chi connectivity index (χ2v) is 13.1. The van der Waals surface area contributed by atoms with Crippen LogP contribution < -0.4 is 9.46 Å². The number of rotatable bonds is 3. The first kappa shape index (κ1) is 27.5. The number of amides is 1. The largest absolute Gasteiger partial charge is 0.475 e. The minimum absolute atomic E-state index is 0.0140. The number of carbonyl (C=O) groups excluding carboxylic acids is 1. The van der Waals surface area contributed by atoms with Gasteiger partial charge in [-0.3, -0.25) is 4.79 Å². The van der Waals surface area contributed by atoms with Gasteiger partial charge in [0.15, 0.2) is 0 Å². The van der Waals surface area contributed by atoms with Gasteiger partial charge in [0.1, 0.15) is 6.61 Å². The summed E-state index contributed by atoms with van der Waals surface area (Å²) in [5, 5.41) is 0. The van der Waals surface area contributed by atoms with Crippen LogP contribution in [0.25, 0.3) is 11.3 Å². The number of carbonyl (C=O) groups is 1. The van der Waals surface area contributed by atoms with Gasteiger partial charge >= 0.3 is 6.18 Å². The monoisotopic (exact) mass is 586 g/mol. The fourth-order valence-electron chi connectivity index (χ4n) is 6.05. The molecule has 3 aliphatic rings.